The molecule has 0 saturated heterocycles. The second-order valence-electron chi connectivity index (χ2n) is 7.61. The molecule has 1 atom stereocenters. The lowest BCUT2D eigenvalue weighted by Gasteiger charge is -2.31. The van der Waals surface area contributed by atoms with Gasteiger partial charge in [-0.1, -0.05) is 61.4 Å². The minimum Gasteiger partial charge on any atom is -0.347 e. The summed E-state index contributed by atoms with van der Waals surface area (Å²) >= 11 is 0. The van der Waals surface area contributed by atoms with Crippen molar-refractivity contribution in [1.82, 2.24) is 5.32 Å². The quantitative estimate of drug-likeness (QED) is 0.873. The third-order valence-corrected chi connectivity index (χ3v) is 5.84. The van der Waals surface area contributed by atoms with E-state index in [1.165, 1.54) is 12.8 Å². The summed E-state index contributed by atoms with van der Waals surface area (Å²) in [6, 6.07) is 18.1. The SMILES string of the molecule is O=C(CN1C(=O)CCc2ccccc21)NC(c1ccccc1)C1CCCC1. The van der Waals surface area contributed by atoms with Crippen LogP contribution in [-0.2, 0) is 16.0 Å². The average molecular weight is 362 g/mol. The molecule has 27 heavy (non-hydrogen) atoms. The molecule has 0 radical (unpaired) electrons. The zero-order chi connectivity index (χ0) is 18.6. The molecule has 1 unspecified atom stereocenters. The third-order valence-electron chi connectivity index (χ3n) is 5.84. The lowest BCUT2D eigenvalue weighted by molar-refractivity contribution is -0.124. The number of fused-ring (bicyclic) bond motifs is 1. The largest absolute Gasteiger partial charge is 0.347 e. The van der Waals surface area contributed by atoms with Gasteiger partial charge in [0.05, 0.1) is 6.04 Å². The Kier molecular flexibility index (Phi) is 5.23. The van der Waals surface area contributed by atoms with E-state index in [4.69, 9.17) is 0 Å². The summed E-state index contributed by atoms with van der Waals surface area (Å²) in [6.07, 6.45) is 5.96. The molecule has 2 amide bonds. The van der Waals surface area contributed by atoms with Crippen LogP contribution in [0, 0.1) is 5.92 Å². The van der Waals surface area contributed by atoms with E-state index in [1.807, 2.05) is 42.5 Å². The first kappa shape index (κ1) is 17.8. The van der Waals surface area contributed by atoms with Crippen LogP contribution < -0.4 is 10.2 Å². The minimum absolute atomic E-state index is 0.0244. The first-order valence-corrected chi connectivity index (χ1v) is 9.95. The molecule has 4 heteroatoms. The predicted molar refractivity (Wildman–Crippen MR) is 106 cm³/mol. The number of carbonyl (C=O) groups is 2. The van der Waals surface area contributed by atoms with Crippen LogP contribution in [0.15, 0.2) is 54.6 Å². The fraction of sp³-hybridized carbons (Fsp3) is 0.391. The van der Waals surface area contributed by atoms with Crippen molar-refractivity contribution in [2.75, 3.05) is 11.4 Å². The molecule has 1 fully saturated rings. The second kappa shape index (κ2) is 7.95. The average Bonchev–Trinajstić information content (AvgIpc) is 3.23. The maximum absolute atomic E-state index is 12.9. The van der Waals surface area contributed by atoms with Crippen molar-refractivity contribution in [3.63, 3.8) is 0 Å². The molecule has 1 aliphatic carbocycles. The van der Waals surface area contributed by atoms with Gasteiger partial charge in [-0.05, 0) is 42.4 Å². The second-order valence-corrected chi connectivity index (χ2v) is 7.61. The van der Waals surface area contributed by atoms with E-state index in [0.29, 0.717) is 12.3 Å². The van der Waals surface area contributed by atoms with Crippen LogP contribution in [0.2, 0.25) is 0 Å². The number of para-hydroxylation sites is 1. The van der Waals surface area contributed by atoms with Crippen LogP contribution in [0.1, 0.15) is 49.3 Å². The summed E-state index contributed by atoms with van der Waals surface area (Å²) in [5.41, 5.74) is 3.17. The topological polar surface area (TPSA) is 49.4 Å². The van der Waals surface area contributed by atoms with E-state index >= 15 is 0 Å². The standard InChI is InChI=1S/C23H26N2O2/c26-21(16-25-20-13-7-6-8-17(20)14-15-22(25)27)24-23(19-11-4-5-12-19)18-9-2-1-3-10-18/h1-3,6-10,13,19,23H,4-5,11-12,14-16H2,(H,24,26). The molecular formula is C23H26N2O2. The first-order chi connectivity index (χ1) is 13.2. The van der Waals surface area contributed by atoms with Crippen LogP contribution in [0.25, 0.3) is 0 Å². The van der Waals surface area contributed by atoms with Gasteiger partial charge in [0, 0.05) is 12.1 Å². The van der Waals surface area contributed by atoms with E-state index in [-0.39, 0.29) is 24.4 Å². The maximum atomic E-state index is 12.9. The summed E-state index contributed by atoms with van der Waals surface area (Å²) in [6.45, 7) is 0.0892. The number of anilines is 1. The number of carbonyl (C=O) groups excluding carboxylic acids is 2. The molecule has 1 saturated carbocycles. The fourth-order valence-corrected chi connectivity index (χ4v) is 4.46. The van der Waals surface area contributed by atoms with Gasteiger partial charge in [0.2, 0.25) is 11.8 Å². The Balaban J connectivity index is 1.51. The number of hydrogen-bond donors (Lipinski definition) is 1. The summed E-state index contributed by atoms with van der Waals surface area (Å²) in [4.78, 5) is 27.0. The summed E-state index contributed by atoms with van der Waals surface area (Å²) in [5.74, 6) is 0.419. The van der Waals surface area contributed by atoms with Crippen molar-refractivity contribution in [1.29, 1.82) is 0 Å². The number of aryl methyl sites for hydroxylation is 1. The van der Waals surface area contributed by atoms with Crippen molar-refractivity contribution in [2.45, 2.75) is 44.6 Å². The van der Waals surface area contributed by atoms with Crippen LogP contribution in [0.3, 0.4) is 0 Å². The van der Waals surface area contributed by atoms with Gasteiger partial charge < -0.3 is 10.2 Å². The lowest BCUT2D eigenvalue weighted by atomic mass is 9.91. The minimum atomic E-state index is -0.0826. The number of hydrogen-bond acceptors (Lipinski definition) is 2. The lowest BCUT2D eigenvalue weighted by Crippen LogP contribution is -2.44. The van der Waals surface area contributed by atoms with Crippen molar-refractivity contribution in [2.24, 2.45) is 5.92 Å². The van der Waals surface area contributed by atoms with Gasteiger partial charge in [-0.2, -0.15) is 0 Å². The van der Waals surface area contributed by atoms with Gasteiger partial charge in [0.25, 0.3) is 0 Å². The maximum Gasteiger partial charge on any atom is 0.240 e. The van der Waals surface area contributed by atoms with E-state index in [9.17, 15) is 9.59 Å². The smallest absolute Gasteiger partial charge is 0.240 e. The number of nitrogens with one attached hydrogen (secondary N) is 1. The molecule has 0 aromatic heterocycles. The zero-order valence-corrected chi connectivity index (χ0v) is 15.6. The van der Waals surface area contributed by atoms with Crippen molar-refractivity contribution in [3.8, 4) is 0 Å². The number of nitrogens with zero attached hydrogens (tertiary/aromatic N) is 1. The Morgan fingerprint density at radius 1 is 1.00 bits per heavy atom. The molecule has 140 valence electrons. The molecule has 1 aliphatic heterocycles. The van der Waals surface area contributed by atoms with Crippen LogP contribution in [0.5, 0.6) is 0 Å². The Hall–Kier alpha value is -2.62. The zero-order valence-electron chi connectivity index (χ0n) is 15.6. The van der Waals surface area contributed by atoms with Gasteiger partial charge >= 0.3 is 0 Å². The Morgan fingerprint density at radius 2 is 1.70 bits per heavy atom. The van der Waals surface area contributed by atoms with Crippen molar-refractivity contribution in [3.05, 3.63) is 65.7 Å². The summed E-state index contributed by atoms with van der Waals surface area (Å²) < 4.78 is 0. The molecule has 2 aromatic rings. The highest BCUT2D eigenvalue weighted by Gasteiger charge is 2.30. The molecule has 2 aliphatic rings. The van der Waals surface area contributed by atoms with E-state index < -0.39 is 0 Å². The highest BCUT2D eigenvalue weighted by atomic mass is 16.2. The van der Waals surface area contributed by atoms with Crippen LogP contribution in [0.4, 0.5) is 5.69 Å². The van der Waals surface area contributed by atoms with Crippen molar-refractivity contribution >= 4 is 17.5 Å². The van der Waals surface area contributed by atoms with Gasteiger partial charge in [-0.3, -0.25) is 9.59 Å². The van der Waals surface area contributed by atoms with Crippen LogP contribution >= 0.6 is 0 Å². The summed E-state index contributed by atoms with van der Waals surface area (Å²) in [7, 11) is 0. The highest BCUT2D eigenvalue weighted by Crippen LogP contribution is 2.36. The number of rotatable bonds is 5. The predicted octanol–water partition coefficient (Wildman–Crippen LogP) is 4.01. The van der Waals surface area contributed by atoms with Crippen molar-refractivity contribution < 1.29 is 9.59 Å². The van der Waals surface area contributed by atoms with E-state index in [1.54, 1.807) is 4.90 Å². The fourth-order valence-electron chi connectivity index (χ4n) is 4.46. The third kappa shape index (κ3) is 3.90. The molecule has 1 N–H and O–H groups in total. The highest BCUT2D eigenvalue weighted by molar-refractivity contribution is 6.01. The molecule has 2 aromatic carbocycles. The normalized spacial score (nSPS) is 18.2. The number of amides is 2. The Bertz CT molecular complexity index is 812. The molecular weight excluding hydrogens is 336 g/mol. The first-order valence-electron chi connectivity index (χ1n) is 9.95. The van der Waals surface area contributed by atoms with Gasteiger partial charge in [-0.15, -0.1) is 0 Å². The Morgan fingerprint density at radius 3 is 2.48 bits per heavy atom. The molecule has 4 nitrogen and oxygen atoms in total. The molecule has 4 rings (SSSR count). The van der Waals surface area contributed by atoms with Gasteiger partial charge in [-0.25, -0.2) is 0 Å². The van der Waals surface area contributed by atoms with Gasteiger partial charge in [0.15, 0.2) is 0 Å². The van der Waals surface area contributed by atoms with E-state index in [2.05, 4.69) is 17.4 Å². The molecule has 0 spiro atoms. The Labute approximate surface area is 160 Å². The van der Waals surface area contributed by atoms with E-state index in [0.717, 1.165) is 36.1 Å². The van der Waals surface area contributed by atoms with Crippen LogP contribution in [-0.4, -0.2) is 18.4 Å². The monoisotopic (exact) mass is 362 g/mol. The van der Waals surface area contributed by atoms with Gasteiger partial charge in [0.1, 0.15) is 6.54 Å². The molecule has 0 bridgehead atoms. The molecule has 1 heterocycles. The number of benzene rings is 2. The summed E-state index contributed by atoms with van der Waals surface area (Å²) in [5, 5.41) is 3.24.